The number of carbonyl (C=O) groups is 1. The predicted octanol–water partition coefficient (Wildman–Crippen LogP) is 10.7. The number of halogens is 15. The molecule has 0 aromatic carbocycles. The third-order valence-corrected chi connectivity index (χ3v) is 6.14. The maximum atomic E-state index is 13.7. The Balaban J connectivity index is 4.96. The zero-order valence-electron chi connectivity index (χ0n) is 23.0. The summed E-state index contributed by atoms with van der Waals surface area (Å²) in [5, 5.41) is 0. The smallest absolute Gasteiger partial charge is 0.396 e. The van der Waals surface area contributed by atoms with Gasteiger partial charge >= 0.3 is 47.6 Å². The quantitative estimate of drug-likeness (QED) is 0.0499. The summed E-state index contributed by atoms with van der Waals surface area (Å²) in [6.07, 6.45) is 7.01. The van der Waals surface area contributed by atoms with Gasteiger partial charge in [0.15, 0.2) is 6.67 Å². The SMILES string of the molecule is CCCCCC=CCC=CCCCCCCCC(=O)OC(F)(F)C(F)(F)C(F)(F)C(F)(F)C(F)(F)C(F)(F)C(F)(F)CF. The Kier molecular flexibility index (Phi) is 15.5. The van der Waals surface area contributed by atoms with Gasteiger partial charge < -0.3 is 4.74 Å². The molecule has 0 atom stereocenters. The van der Waals surface area contributed by atoms with Crippen molar-refractivity contribution in [1.29, 1.82) is 0 Å². The molecule has 0 aromatic heterocycles. The number of carbonyl (C=O) groups excluding carboxylic acids is 1. The van der Waals surface area contributed by atoms with Crippen molar-refractivity contribution in [1.82, 2.24) is 0 Å². The molecule has 0 N–H and O–H groups in total. The van der Waals surface area contributed by atoms with E-state index >= 15 is 0 Å². The second kappa shape index (κ2) is 16.3. The fourth-order valence-electron chi connectivity index (χ4n) is 3.43. The van der Waals surface area contributed by atoms with E-state index in [-0.39, 0.29) is 12.8 Å². The molecule has 0 aromatic rings. The van der Waals surface area contributed by atoms with E-state index in [2.05, 4.69) is 17.7 Å². The molecule has 0 heterocycles. The van der Waals surface area contributed by atoms with Crippen molar-refractivity contribution in [3.63, 3.8) is 0 Å². The van der Waals surface area contributed by atoms with Gasteiger partial charge in [-0.15, -0.1) is 0 Å². The Morgan fingerprint density at radius 2 is 0.977 bits per heavy atom. The number of hydrogen-bond donors (Lipinski definition) is 0. The molecule has 0 radical (unpaired) electrons. The lowest BCUT2D eigenvalue weighted by Crippen LogP contribution is -2.73. The van der Waals surface area contributed by atoms with E-state index in [1.54, 1.807) is 0 Å². The van der Waals surface area contributed by atoms with Gasteiger partial charge in [-0.25, -0.2) is 4.39 Å². The van der Waals surface area contributed by atoms with Crippen LogP contribution in [0.5, 0.6) is 0 Å². The van der Waals surface area contributed by atoms with Crippen LogP contribution in [0.4, 0.5) is 65.9 Å². The molecule has 2 nitrogen and oxygen atoms in total. The first kappa shape index (κ1) is 40.9. The van der Waals surface area contributed by atoms with Crippen LogP contribution < -0.4 is 0 Å². The van der Waals surface area contributed by atoms with Gasteiger partial charge in [0.05, 0.1) is 0 Å². The normalized spacial score (nSPS) is 14.7. The van der Waals surface area contributed by atoms with Gasteiger partial charge in [0.2, 0.25) is 0 Å². The number of esters is 1. The van der Waals surface area contributed by atoms with E-state index < -0.39 is 60.7 Å². The number of ether oxygens (including phenoxy) is 1. The minimum atomic E-state index is -8.35. The lowest BCUT2D eigenvalue weighted by atomic mass is 9.91. The molecule has 0 aliphatic rings. The zero-order chi connectivity index (χ0) is 33.8. The van der Waals surface area contributed by atoms with Gasteiger partial charge in [0.25, 0.3) is 0 Å². The van der Waals surface area contributed by atoms with Crippen LogP contribution in [0.1, 0.15) is 84.0 Å². The predicted molar refractivity (Wildman–Crippen MR) is 126 cm³/mol. The fraction of sp³-hybridized carbons (Fsp3) is 0.808. The monoisotopic (exact) mass is 662 g/mol. The zero-order valence-corrected chi connectivity index (χ0v) is 23.0. The van der Waals surface area contributed by atoms with Crippen LogP contribution in [0.25, 0.3) is 0 Å². The van der Waals surface area contributed by atoms with Crippen molar-refractivity contribution < 1.29 is 75.4 Å². The number of hydrogen-bond acceptors (Lipinski definition) is 2. The summed E-state index contributed by atoms with van der Waals surface area (Å²) in [5.74, 6) is -49.5. The Hall–Kier alpha value is -2.10. The third-order valence-electron chi connectivity index (χ3n) is 6.14. The highest BCUT2D eigenvalue weighted by molar-refractivity contribution is 5.69. The molecule has 0 fully saturated rings. The molecule has 43 heavy (non-hydrogen) atoms. The van der Waals surface area contributed by atoms with Crippen molar-refractivity contribution in [2.75, 3.05) is 6.67 Å². The Bertz CT molecular complexity index is 899. The maximum absolute atomic E-state index is 13.7. The topological polar surface area (TPSA) is 26.3 Å². The highest BCUT2D eigenvalue weighted by Gasteiger charge is 2.93. The average molecular weight is 663 g/mol. The first-order valence-electron chi connectivity index (χ1n) is 13.2. The van der Waals surface area contributed by atoms with Gasteiger partial charge in [0.1, 0.15) is 0 Å². The lowest BCUT2D eigenvalue weighted by Gasteiger charge is -2.41. The van der Waals surface area contributed by atoms with Crippen LogP contribution in [0, 0.1) is 0 Å². The van der Waals surface area contributed by atoms with E-state index in [0.29, 0.717) is 25.7 Å². The van der Waals surface area contributed by atoms with Crippen LogP contribution in [0.3, 0.4) is 0 Å². The number of alkyl halides is 15. The first-order valence-corrected chi connectivity index (χ1v) is 13.2. The van der Waals surface area contributed by atoms with Crippen LogP contribution in [-0.2, 0) is 9.53 Å². The van der Waals surface area contributed by atoms with Gasteiger partial charge in [0, 0.05) is 6.42 Å². The second-order valence-corrected chi connectivity index (χ2v) is 9.68. The molecule has 0 rings (SSSR count). The van der Waals surface area contributed by atoms with Gasteiger partial charge in [-0.2, -0.15) is 61.5 Å². The average Bonchev–Trinajstić information content (AvgIpc) is 2.89. The third kappa shape index (κ3) is 9.69. The summed E-state index contributed by atoms with van der Waals surface area (Å²) < 4.78 is 203. The number of allylic oxidation sites excluding steroid dienone is 4. The van der Waals surface area contributed by atoms with E-state index in [4.69, 9.17) is 0 Å². The molecular weight excluding hydrogens is 629 g/mol. The van der Waals surface area contributed by atoms with E-state index in [1.807, 2.05) is 18.2 Å². The second-order valence-electron chi connectivity index (χ2n) is 9.68. The minimum Gasteiger partial charge on any atom is -0.396 e. The molecule has 0 unspecified atom stereocenters. The van der Waals surface area contributed by atoms with Crippen molar-refractivity contribution in [2.45, 2.75) is 126 Å². The highest BCUT2D eigenvalue weighted by Crippen LogP contribution is 2.62. The molecule has 17 heteroatoms. The Morgan fingerprint density at radius 1 is 0.558 bits per heavy atom. The standard InChI is InChI=1S/C26H33F15O2/c1-2-3-4-5-6-7-8-9-10-11-12-13-14-15-16-17-19(42)43-26(40,41)25(38,39)24(36,37)23(34,35)22(32,33)21(30,31)20(28,29)18-27/h6-7,9-10H,2-5,8,11-18H2,1H3. The lowest BCUT2D eigenvalue weighted by molar-refractivity contribution is -0.461. The highest BCUT2D eigenvalue weighted by atomic mass is 19.4. The van der Waals surface area contributed by atoms with E-state index in [0.717, 1.165) is 32.1 Å². The number of unbranched alkanes of at least 4 members (excludes halogenated alkanes) is 8. The largest absolute Gasteiger partial charge is 0.473 e. The van der Waals surface area contributed by atoms with Crippen LogP contribution in [0.15, 0.2) is 24.3 Å². The summed E-state index contributed by atoms with van der Waals surface area (Å²) in [6.45, 7) is -1.74. The summed E-state index contributed by atoms with van der Waals surface area (Å²) in [6, 6.07) is 0. The molecule has 0 saturated heterocycles. The fourth-order valence-corrected chi connectivity index (χ4v) is 3.43. The Labute approximate surface area is 238 Å². The molecule has 254 valence electrons. The van der Waals surface area contributed by atoms with Gasteiger partial charge in [-0.1, -0.05) is 63.3 Å². The summed E-state index contributed by atoms with van der Waals surface area (Å²) in [4.78, 5) is 11.5. The summed E-state index contributed by atoms with van der Waals surface area (Å²) in [7, 11) is 0. The summed E-state index contributed by atoms with van der Waals surface area (Å²) >= 11 is 0. The molecular formula is C26H33F15O2. The molecule has 0 saturated carbocycles. The van der Waals surface area contributed by atoms with Gasteiger partial charge in [-0.05, 0) is 38.5 Å². The molecule has 0 aliphatic carbocycles. The first-order chi connectivity index (χ1) is 19.5. The van der Waals surface area contributed by atoms with Crippen LogP contribution >= 0.6 is 0 Å². The molecule has 0 amide bonds. The number of rotatable bonds is 22. The molecule has 0 bridgehead atoms. The summed E-state index contributed by atoms with van der Waals surface area (Å²) in [5.41, 5.74) is 0. The van der Waals surface area contributed by atoms with Gasteiger partial charge in [-0.3, -0.25) is 4.79 Å². The van der Waals surface area contributed by atoms with Crippen molar-refractivity contribution >= 4 is 5.97 Å². The molecule has 0 aliphatic heterocycles. The maximum Gasteiger partial charge on any atom is 0.473 e. The van der Waals surface area contributed by atoms with E-state index in [1.165, 1.54) is 0 Å². The Morgan fingerprint density at radius 3 is 1.47 bits per heavy atom. The van der Waals surface area contributed by atoms with Crippen LogP contribution in [0.2, 0.25) is 0 Å². The van der Waals surface area contributed by atoms with Crippen molar-refractivity contribution in [2.24, 2.45) is 0 Å². The van der Waals surface area contributed by atoms with Crippen molar-refractivity contribution in [3.8, 4) is 0 Å². The van der Waals surface area contributed by atoms with E-state index in [9.17, 15) is 70.7 Å². The molecule has 0 spiro atoms. The van der Waals surface area contributed by atoms with Crippen molar-refractivity contribution in [3.05, 3.63) is 24.3 Å². The van der Waals surface area contributed by atoms with Crippen LogP contribution in [-0.4, -0.2) is 54.3 Å². The minimum absolute atomic E-state index is 0.111.